The standard InChI is InChI=1S/C17H17NO3/c1-2-21-17(20)14-9-6-10-15(12-14)18-16(19)11-13-7-4-3-5-8-13/h3-10,12H,2,11H2,1H3,(H,18,19). The Balaban J connectivity index is 2.01. The maximum absolute atomic E-state index is 12.0. The number of ether oxygens (including phenoxy) is 1. The average Bonchev–Trinajstić information content (AvgIpc) is 2.48. The van der Waals surface area contributed by atoms with Crippen LogP contribution in [0.5, 0.6) is 0 Å². The zero-order chi connectivity index (χ0) is 15.1. The van der Waals surface area contributed by atoms with Crippen molar-refractivity contribution in [2.45, 2.75) is 13.3 Å². The van der Waals surface area contributed by atoms with E-state index < -0.39 is 5.97 Å². The number of hydrogen-bond acceptors (Lipinski definition) is 3. The molecule has 0 aromatic heterocycles. The van der Waals surface area contributed by atoms with Crippen molar-refractivity contribution in [3.63, 3.8) is 0 Å². The van der Waals surface area contributed by atoms with Gasteiger partial charge in [0.05, 0.1) is 18.6 Å². The lowest BCUT2D eigenvalue weighted by Crippen LogP contribution is -2.15. The summed E-state index contributed by atoms with van der Waals surface area (Å²) < 4.78 is 4.93. The van der Waals surface area contributed by atoms with Crippen molar-refractivity contribution < 1.29 is 14.3 Å². The monoisotopic (exact) mass is 283 g/mol. The summed E-state index contributed by atoms with van der Waals surface area (Å²) in [5, 5.41) is 2.78. The minimum absolute atomic E-state index is 0.123. The number of amides is 1. The van der Waals surface area contributed by atoms with Gasteiger partial charge in [0.25, 0.3) is 0 Å². The zero-order valence-electron chi connectivity index (χ0n) is 11.8. The molecule has 2 rings (SSSR count). The lowest BCUT2D eigenvalue weighted by atomic mass is 10.1. The van der Waals surface area contributed by atoms with E-state index in [4.69, 9.17) is 4.74 Å². The van der Waals surface area contributed by atoms with Gasteiger partial charge in [-0.15, -0.1) is 0 Å². The minimum atomic E-state index is -0.392. The van der Waals surface area contributed by atoms with Crippen LogP contribution in [-0.2, 0) is 16.0 Å². The molecule has 21 heavy (non-hydrogen) atoms. The van der Waals surface area contributed by atoms with E-state index in [-0.39, 0.29) is 5.91 Å². The van der Waals surface area contributed by atoms with E-state index in [1.165, 1.54) is 0 Å². The Kier molecular flexibility index (Phi) is 5.10. The van der Waals surface area contributed by atoms with Crippen LogP contribution >= 0.6 is 0 Å². The van der Waals surface area contributed by atoms with E-state index in [1.807, 2.05) is 30.3 Å². The Bertz CT molecular complexity index is 623. The number of esters is 1. The average molecular weight is 283 g/mol. The molecule has 0 fully saturated rings. The molecule has 2 aromatic carbocycles. The van der Waals surface area contributed by atoms with Gasteiger partial charge in [-0.05, 0) is 30.7 Å². The smallest absolute Gasteiger partial charge is 0.338 e. The molecule has 0 unspecified atom stereocenters. The number of carbonyl (C=O) groups is 2. The Morgan fingerprint density at radius 2 is 1.81 bits per heavy atom. The summed E-state index contributed by atoms with van der Waals surface area (Å²) in [5.74, 6) is -0.515. The van der Waals surface area contributed by atoms with Gasteiger partial charge in [0, 0.05) is 5.69 Å². The van der Waals surface area contributed by atoms with Gasteiger partial charge in [-0.2, -0.15) is 0 Å². The summed E-state index contributed by atoms with van der Waals surface area (Å²) >= 11 is 0. The van der Waals surface area contributed by atoms with E-state index in [0.717, 1.165) is 5.56 Å². The first-order valence-corrected chi connectivity index (χ1v) is 6.80. The molecule has 1 N–H and O–H groups in total. The third kappa shape index (κ3) is 4.45. The number of nitrogens with one attached hydrogen (secondary N) is 1. The molecule has 2 aromatic rings. The second kappa shape index (κ2) is 7.24. The maximum Gasteiger partial charge on any atom is 0.338 e. The summed E-state index contributed by atoms with van der Waals surface area (Å²) in [7, 11) is 0. The first-order chi connectivity index (χ1) is 10.2. The van der Waals surface area contributed by atoms with Gasteiger partial charge in [0.15, 0.2) is 0 Å². The molecule has 0 saturated carbocycles. The minimum Gasteiger partial charge on any atom is -0.462 e. The van der Waals surface area contributed by atoms with Crippen LogP contribution in [0.2, 0.25) is 0 Å². The Hall–Kier alpha value is -2.62. The van der Waals surface area contributed by atoms with E-state index >= 15 is 0 Å². The molecule has 108 valence electrons. The van der Waals surface area contributed by atoms with Crippen LogP contribution in [0.4, 0.5) is 5.69 Å². The van der Waals surface area contributed by atoms with E-state index in [1.54, 1.807) is 31.2 Å². The maximum atomic E-state index is 12.0. The number of anilines is 1. The first kappa shape index (κ1) is 14.8. The molecule has 0 heterocycles. The summed E-state index contributed by atoms with van der Waals surface area (Å²) in [4.78, 5) is 23.6. The normalized spacial score (nSPS) is 9.95. The van der Waals surface area contributed by atoms with Crippen LogP contribution in [0, 0.1) is 0 Å². The molecular weight excluding hydrogens is 266 g/mol. The van der Waals surface area contributed by atoms with Crippen molar-refractivity contribution in [3.05, 3.63) is 65.7 Å². The van der Waals surface area contributed by atoms with Crippen molar-refractivity contribution in [1.82, 2.24) is 0 Å². The van der Waals surface area contributed by atoms with Gasteiger partial charge in [0.1, 0.15) is 0 Å². The lowest BCUT2D eigenvalue weighted by Gasteiger charge is -2.07. The Labute approximate surface area is 123 Å². The van der Waals surface area contributed by atoms with Gasteiger partial charge in [-0.25, -0.2) is 4.79 Å². The Morgan fingerprint density at radius 3 is 2.52 bits per heavy atom. The quantitative estimate of drug-likeness (QED) is 0.858. The molecule has 4 nitrogen and oxygen atoms in total. The molecule has 0 saturated heterocycles. The topological polar surface area (TPSA) is 55.4 Å². The second-order valence-corrected chi connectivity index (χ2v) is 4.51. The molecule has 0 aliphatic carbocycles. The number of benzene rings is 2. The van der Waals surface area contributed by atoms with Gasteiger partial charge in [-0.1, -0.05) is 36.4 Å². The summed E-state index contributed by atoms with van der Waals surface area (Å²) in [5.41, 5.74) is 1.95. The van der Waals surface area contributed by atoms with Crippen molar-refractivity contribution >= 4 is 17.6 Å². The highest BCUT2D eigenvalue weighted by Gasteiger charge is 2.08. The van der Waals surface area contributed by atoms with Gasteiger partial charge in [-0.3, -0.25) is 4.79 Å². The molecule has 1 amide bonds. The van der Waals surface area contributed by atoms with Crippen LogP contribution < -0.4 is 5.32 Å². The van der Waals surface area contributed by atoms with Gasteiger partial charge >= 0.3 is 5.97 Å². The molecule has 0 bridgehead atoms. The van der Waals surface area contributed by atoms with Gasteiger partial charge < -0.3 is 10.1 Å². The van der Waals surface area contributed by atoms with Crippen LogP contribution in [0.15, 0.2) is 54.6 Å². The van der Waals surface area contributed by atoms with E-state index in [0.29, 0.717) is 24.3 Å². The number of hydrogen-bond donors (Lipinski definition) is 1. The fraction of sp³-hybridized carbons (Fsp3) is 0.176. The summed E-state index contributed by atoms with van der Waals surface area (Å²) in [6.45, 7) is 2.08. The van der Waals surface area contributed by atoms with E-state index in [2.05, 4.69) is 5.32 Å². The van der Waals surface area contributed by atoms with Crippen LogP contribution in [0.1, 0.15) is 22.8 Å². The SMILES string of the molecule is CCOC(=O)c1cccc(NC(=O)Cc2ccccc2)c1. The van der Waals surface area contributed by atoms with Crippen molar-refractivity contribution in [2.24, 2.45) is 0 Å². The van der Waals surface area contributed by atoms with Crippen LogP contribution in [0.25, 0.3) is 0 Å². The highest BCUT2D eigenvalue weighted by molar-refractivity contribution is 5.95. The summed E-state index contributed by atoms with van der Waals surface area (Å²) in [6, 6.07) is 16.2. The second-order valence-electron chi connectivity index (χ2n) is 4.51. The van der Waals surface area contributed by atoms with Crippen molar-refractivity contribution in [2.75, 3.05) is 11.9 Å². The predicted octanol–water partition coefficient (Wildman–Crippen LogP) is 3.04. The molecule has 0 radical (unpaired) electrons. The van der Waals surface area contributed by atoms with Crippen molar-refractivity contribution in [3.8, 4) is 0 Å². The Morgan fingerprint density at radius 1 is 1.05 bits per heavy atom. The predicted molar refractivity (Wildman–Crippen MR) is 81.2 cm³/mol. The fourth-order valence-corrected chi connectivity index (χ4v) is 1.92. The van der Waals surface area contributed by atoms with Crippen LogP contribution in [0.3, 0.4) is 0 Å². The molecule has 0 atom stereocenters. The highest BCUT2D eigenvalue weighted by atomic mass is 16.5. The number of rotatable bonds is 5. The molecule has 0 spiro atoms. The molecule has 4 heteroatoms. The third-order valence-corrected chi connectivity index (χ3v) is 2.86. The molecular formula is C17H17NO3. The highest BCUT2D eigenvalue weighted by Crippen LogP contribution is 2.12. The largest absolute Gasteiger partial charge is 0.462 e. The first-order valence-electron chi connectivity index (χ1n) is 6.80. The third-order valence-electron chi connectivity index (χ3n) is 2.86. The zero-order valence-corrected chi connectivity index (χ0v) is 11.8. The molecule has 0 aliphatic heterocycles. The van der Waals surface area contributed by atoms with Gasteiger partial charge in [0.2, 0.25) is 5.91 Å². The van der Waals surface area contributed by atoms with Crippen molar-refractivity contribution in [1.29, 1.82) is 0 Å². The molecule has 0 aliphatic rings. The van der Waals surface area contributed by atoms with Crippen LogP contribution in [-0.4, -0.2) is 18.5 Å². The van der Waals surface area contributed by atoms with E-state index in [9.17, 15) is 9.59 Å². The number of carbonyl (C=O) groups excluding carboxylic acids is 2. The fourth-order valence-electron chi connectivity index (χ4n) is 1.92. The lowest BCUT2D eigenvalue weighted by molar-refractivity contribution is -0.115. The summed E-state index contributed by atoms with van der Waals surface area (Å²) in [6.07, 6.45) is 0.296.